The first-order valence-electron chi connectivity index (χ1n) is 11.6. The lowest BCUT2D eigenvalue weighted by Gasteiger charge is -2.14. The summed E-state index contributed by atoms with van der Waals surface area (Å²) in [4.78, 5) is 3.92. The van der Waals surface area contributed by atoms with Gasteiger partial charge in [-0.05, 0) is 66.7 Å². The van der Waals surface area contributed by atoms with Crippen LogP contribution in [0.3, 0.4) is 0 Å². The molecular weight excluding hydrogens is 508 g/mol. The molecule has 0 spiro atoms. The number of rotatable bonds is 2. The first-order valence-corrected chi connectivity index (χ1v) is 13.3. The molecule has 0 bridgehead atoms. The highest BCUT2D eigenvalue weighted by molar-refractivity contribution is 8.03. The third kappa shape index (κ3) is 3.65. The summed E-state index contributed by atoms with van der Waals surface area (Å²) in [6, 6.07) is 17.7. The van der Waals surface area contributed by atoms with Gasteiger partial charge in [0.15, 0.2) is 6.54 Å². The average molecular weight is 534 g/mol. The van der Waals surface area contributed by atoms with E-state index in [1.54, 1.807) is 0 Å². The van der Waals surface area contributed by atoms with E-state index in [-0.39, 0.29) is 17.0 Å². The van der Waals surface area contributed by atoms with E-state index in [1.807, 2.05) is 23.1 Å². The molecule has 33 heavy (non-hydrogen) atoms. The standard InChI is InChI=1S/C28H25N2S2.BrH/c1-3-10-25-23(8-1)29-14-12-21(27(29)31-25)17-19-6-5-7-20(16-19)18-22-13-15-30-24-9-2-4-11-26(24)32-28(22)30;/h1-4,8-11,16-18H,5-7,12-15H2;1H/q+1;/p-1. The van der Waals surface area contributed by atoms with Gasteiger partial charge in [-0.15, -0.1) is 0 Å². The summed E-state index contributed by atoms with van der Waals surface area (Å²) in [6.45, 7) is 2.23. The molecule has 0 radical (unpaired) electrons. The third-order valence-electron chi connectivity index (χ3n) is 7.00. The second-order valence-electron chi connectivity index (χ2n) is 9.04. The van der Waals surface area contributed by atoms with Crippen LogP contribution in [0.1, 0.15) is 37.1 Å². The van der Waals surface area contributed by atoms with Crippen molar-refractivity contribution < 1.29 is 21.5 Å². The van der Waals surface area contributed by atoms with Crippen LogP contribution in [0.4, 0.5) is 5.69 Å². The first-order chi connectivity index (χ1) is 15.8. The number of halogens is 1. The number of nitrogens with zero attached hydrogens (tertiary/aromatic N) is 2. The van der Waals surface area contributed by atoms with Gasteiger partial charge >= 0.3 is 0 Å². The Morgan fingerprint density at radius 2 is 1.79 bits per heavy atom. The van der Waals surface area contributed by atoms with Gasteiger partial charge in [0.1, 0.15) is 4.70 Å². The predicted molar refractivity (Wildman–Crippen MR) is 136 cm³/mol. The predicted octanol–water partition coefficient (Wildman–Crippen LogP) is 4.24. The number of benzene rings is 2. The number of anilines is 1. The number of para-hydroxylation sites is 2. The zero-order valence-electron chi connectivity index (χ0n) is 18.4. The van der Waals surface area contributed by atoms with Gasteiger partial charge in [-0.2, -0.15) is 4.57 Å². The number of hydrogen-bond donors (Lipinski definition) is 0. The lowest BCUT2D eigenvalue weighted by atomic mass is 9.92. The summed E-state index contributed by atoms with van der Waals surface area (Å²) in [5, 5.41) is 2.92. The fourth-order valence-electron chi connectivity index (χ4n) is 5.49. The van der Waals surface area contributed by atoms with Crippen LogP contribution in [-0.4, -0.2) is 6.54 Å². The number of thioether (sulfide) groups is 1. The molecule has 4 aliphatic rings. The minimum atomic E-state index is 0. The first kappa shape index (κ1) is 21.5. The molecule has 0 N–H and O–H groups in total. The van der Waals surface area contributed by atoms with Crippen molar-refractivity contribution in [2.75, 3.05) is 11.4 Å². The number of aryl methyl sites for hydroxylation is 1. The normalized spacial score (nSPS) is 21.5. The van der Waals surface area contributed by atoms with E-state index in [9.17, 15) is 0 Å². The van der Waals surface area contributed by atoms with Crippen LogP contribution in [0.2, 0.25) is 0 Å². The van der Waals surface area contributed by atoms with Crippen molar-refractivity contribution in [2.45, 2.75) is 43.5 Å². The Morgan fingerprint density at radius 1 is 0.909 bits per heavy atom. The number of fused-ring (bicyclic) bond motifs is 6. The van der Waals surface area contributed by atoms with Crippen molar-refractivity contribution in [2.24, 2.45) is 0 Å². The second-order valence-corrected chi connectivity index (χ2v) is 11.1. The molecule has 7 rings (SSSR count). The molecule has 3 aromatic rings. The third-order valence-corrected chi connectivity index (χ3v) is 9.48. The minimum absolute atomic E-state index is 0. The summed E-state index contributed by atoms with van der Waals surface area (Å²) < 4.78 is 3.92. The molecule has 3 aliphatic heterocycles. The van der Waals surface area contributed by atoms with Gasteiger partial charge in [0.05, 0.1) is 10.7 Å². The van der Waals surface area contributed by atoms with E-state index < -0.39 is 0 Å². The van der Waals surface area contributed by atoms with Crippen LogP contribution < -0.4 is 26.4 Å². The van der Waals surface area contributed by atoms with Crippen LogP contribution in [-0.2, 0) is 6.54 Å². The van der Waals surface area contributed by atoms with Gasteiger partial charge in [-0.1, -0.05) is 59.5 Å². The molecule has 1 aromatic heterocycles. The van der Waals surface area contributed by atoms with Gasteiger partial charge in [-0.3, -0.25) is 0 Å². The van der Waals surface area contributed by atoms with Crippen molar-refractivity contribution in [1.29, 1.82) is 0 Å². The highest BCUT2D eigenvalue weighted by Gasteiger charge is 2.32. The van der Waals surface area contributed by atoms with Gasteiger partial charge in [0.25, 0.3) is 5.01 Å². The maximum Gasteiger partial charge on any atom is 0.266 e. The fourth-order valence-corrected chi connectivity index (χ4v) is 7.95. The maximum absolute atomic E-state index is 2.51. The molecule has 0 fully saturated rings. The zero-order chi connectivity index (χ0) is 21.1. The number of allylic oxidation sites excluding steroid dienone is 6. The molecule has 4 heterocycles. The topological polar surface area (TPSA) is 7.12 Å². The quantitative estimate of drug-likeness (QED) is 0.455. The highest BCUT2D eigenvalue weighted by atomic mass is 79.9. The molecule has 0 saturated heterocycles. The average Bonchev–Trinajstić information content (AvgIpc) is 3.56. The lowest BCUT2D eigenvalue weighted by molar-refractivity contribution is -0.659. The van der Waals surface area contributed by atoms with E-state index in [0.717, 1.165) is 25.9 Å². The summed E-state index contributed by atoms with van der Waals surface area (Å²) in [7, 11) is 0. The van der Waals surface area contributed by atoms with Crippen molar-refractivity contribution in [3.8, 4) is 0 Å². The number of aromatic nitrogens is 1. The zero-order valence-corrected chi connectivity index (χ0v) is 21.6. The van der Waals surface area contributed by atoms with Gasteiger partial charge in [-0.25, -0.2) is 0 Å². The second kappa shape index (κ2) is 8.61. The van der Waals surface area contributed by atoms with Crippen LogP contribution in [0, 0.1) is 0 Å². The van der Waals surface area contributed by atoms with Crippen molar-refractivity contribution in [1.82, 2.24) is 0 Å². The summed E-state index contributed by atoms with van der Waals surface area (Å²) in [5.74, 6) is 0. The van der Waals surface area contributed by atoms with Crippen LogP contribution in [0.25, 0.3) is 15.8 Å². The van der Waals surface area contributed by atoms with Gasteiger partial charge in [0, 0.05) is 29.5 Å². The van der Waals surface area contributed by atoms with E-state index in [4.69, 9.17) is 0 Å². The Balaban J connectivity index is 0.00000206. The molecule has 0 amide bonds. The highest BCUT2D eigenvalue weighted by Crippen LogP contribution is 2.50. The summed E-state index contributed by atoms with van der Waals surface area (Å²) >= 11 is 3.90. The molecule has 1 aliphatic carbocycles. The molecule has 166 valence electrons. The Bertz CT molecular complexity index is 1390. The van der Waals surface area contributed by atoms with E-state index in [1.165, 1.54) is 72.4 Å². The van der Waals surface area contributed by atoms with Crippen LogP contribution in [0.5, 0.6) is 0 Å². The Hall–Kier alpha value is -2.08. The molecule has 0 unspecified atom stereocenters. The monoisotopic (exact) mass is 532 g/mol. The Morgan fingerprint density at radius 3 is 2.76 bits per heavy atom. The molecule has 2 nitrogen and oxygen atoms in total. The minimum Gasteiger partial charge on any atom is -1.00 e. The Labute approximate surface area is 213 Å². The lowest BCUT2D eigenvalue weighted by Crippen LogP contribution is -3.00. The number of hydrogen-bond acceptors (Lipinski definition) is 3. The molecule has 5 heteroatoms. The molecule has 2 aromatic carbocycles. The number of thiazole rings is 1. The van der Waals surface area contributed by atoms with Crippen molar-refractivity contribution >= 4 is 44.6 Å². The van der Waals surface area contributed by atoms with Gasteiger partial charge < -0.3 is 21.9 Å². The summed E-state index contributed by atoms with van der Waals surface area (Å²) in [6.07, 6.45) is 13.5. The molecule has 0 atom stereocenters. The fraction of sp³-hybridized carbons (Fsp3) is 0.250. The molecule has 0 saturated carbocycles. The van der Waals surface area contributed by atoms with Gasteiger partial charge in [0.2, 0.25) is 5.52 Å². The van der Waals surface area contributed by atoms with E-state index in [0.29, 0.717) is 0 Å². The van der Waals surface area contributed by atoms with E-state index >= 15 is 0 Å². The SMILES string of the molecule is C1=C(C=C2CC[n+]3c2sc2ccccc23)CCCC1=CC1=C2Sc3ccccc3N2CC1.[Br-]. The van der Waals surface area contributed by atoms with Crippen molar-refractivity contribution in [3.63, 3.8) is 0 Å². The smallest absolute Gasteiger partial charge is 0.266 e. The van der Waals surface area contributed by atoms with E-state index in [2.05, 4.69) is 76.2 Å². The maximum atomic E-state index is 2.51. The Kier molecular flexibility index (Phi) is 5.60. The summed E-state index contributed by atoms with van der Waals surface area (Å²) in [5.41, 5.74) is 8.84. The largest absolute Gasteiger partial charge is 1.00 e. The van der Waals surface area contributed by atoms with Crippen LogP contribution in [0.15, 0.2) is 93.4 Å². The van der Waals surface area contributed by atoms with Crippen LogP contribution >= 0.6 is 23.1 Å². The van der Waals surface area contributed by atoms with Crippen molar-refractivity contribution in [3.05, 3.63) is 93.5 Å². The molecular formula is C28H25BrN2S2.